The highest BCUT2D eigenvalue weighted by molar-refractivity contribution is 6.11. The number of anilines is 2. The zero-order valence-electron chi connectivity index (χ0n) is 19.4. The summed E-state index contributed by atoms with van der Waals surface area (Å²) in [5.74, 6) is 0.863. The molecule has 166 valence electrons. The zero-order valence-corrected chi connectivity index (χ0v) is 19.4. The van der Waals surface area contributed by atoms with Crippen LogP contribution >= 0.6 is 0 Å². The predicted molar refractivity (Wildman–Crippen MR) is 129 cm³/mol. The van der Waals surface area contributed by atoms with Gasteiger partial charge in [0.1, 0.15) is 11.4 Å². The summed E-state index contributed by atoms with van der Waals surface area (Å²) in [5, 5.41) is 8.35. The van der Waals surface area contributed by atoms with Gasteiger partial charge in [0.15, 0.2) is 0 Å². The molecule has 0 saturated heterocycles. The van der Waals surface area contributed by atoms with Crippen molar-refractivity contribution in [3.05, 3.63) is 77.5 Å². The Kier molecular flexibility index (Phi) is 4.88. The van der Waals surface area contributed by atoms with E-state index in [1.165, 1.54) is 11.1 Å². The molecule has 32 heavy (non-hydrogen) atoms. The molecule has 0 fully saturated rings. The maximum absolute atomic E-state index is 14.2. The van der Waals surface area contributed by atoms with Crippen LogP contribution in [-0.4, -0.2) is 21.2 Å². The van der Waals surface area contributed by atoms with Gasteiger partial charge in [-0.2, -0.15) is 5.10 Å². The number of aromatic nitrogens is 2. The van der Waals surface area contributed by atoms with Crippen molar-refractivity contribution in [1.29, 1.82) is 0 Å². The van der Waals surface area contributed by atoms with E-state index in [9.17, 15) is 4.79 Å². The van der Waals surface area contributed by atoms with Gasteiger partial charge in [0.25, 0.3) is 5.91 Å². The number of hydrogen-bond donors (Lipinski definition) is 1. The molecular formula is C27H32N4O. The van der Waals surface area contributed by atoms with Crippen molar-refractivity contribution in [1.82, 2.24) is 9.78 Å². The number of para-hydroxylation sites is 1. The maximum atomic E-state index is 14.2. The third kappa shape index (κ3) is 3.06. The molecule has 0 radical (unpaired) electrons. The Morgan fingerprint density at radius 1 is 1.06 bits per heavy atom. The monoisotopic (exact) mass is 428 g/mol. The van der Waals surface area contributed by atoms with Crippen LogP contribution in [0.15, 0.2) is 60.8 Å². The third-order valence-electron chi connectivity index (χ3n) is 7.54. The van der Waals surface area contributed by atoms with Gasteiger partial charge in [0.2, 0.25) is 0 Å². The first-order chi connectivity index (χ1) is 15.4. The third-order valence-corrected chi connectivity index (χ3v) is 7.54. The van der Waals surface area contributed by atoms with Gasteiger partial charge in [-0.05, 0) is 56.7 Å². The number of nitrogens with zero attached hydrogens (tertiary/aromatic N) is 3. The minimum absolute atomic E-state index is 0.0388. The summed E-state index contributed by atoms with van der Waals surface area (Å²) in [5.41, 5.74) is 3.78. The number of hydrogen-bond acceptors (Lipinski definition) is 3. The van der Waals surface area contributed by atoms with Gasteiger partial charge >= 0.3 is 0 Å². The molecule has 1 N–H and O–H groups in total. The lowest BCUT2D eigenvalue weighted by Gasteiger charge is -2.40. The van der Waals surface area contributed by atoms with Crippen molar-refractivity contribution in [2.24, 2.45) is 0 Å². The quantitative estimate of drug-likeness (QED) is 0.560. The minimum atomic E-state index is -0.199. The Morgan fingerprint density at radius 2 is 1.75 bits per heavy atom. The summed E-state index contributed by atoms with van der Waals surface area (Å²) in [4.78, 5) is 16.2. The van der Waals surface area contributed by atoms with E-state index < -0.39 is 0 Å². The molecule has 5 rings (SSSR count). The average Bonchev–Trinajstić information content (AvgIpc) is 3.39. The van der Waals surface area contributed by atoms with Crippen molar-refractivity contribution in [3.8, 4) is 0 Å². The van der Waals surface area contributed by atoms with E-state index in [-0.39, 0.29) is 23.0 Å². The molecule has 5 heteroatoms. The molecule has 1 atom stereocenters. The van der Waals surface area contributed by atoms with Crippen molar-refractivity contribution in [2.75, 3.05) is 10.2 Å². The molecule has 0 spiro atoms. The number of amides is 1. The molecule has 0 aliphatic carbocycles. The van der Waals surface area contributed by atoms with Crippen molar-refractivity contribution < 1.29 is 4.79 Å². The Morgan fingerprint density at radius 3 is 2.47 bits per heavy atom. The van der Waals surface area contributed by atoms with E-state index in [4.69, 9.17) is 5.10 Å². The number of carbonyl (C=O) groups is 1. The molecule has 2 aliphatic heterocycles. The van der Waals surface area contributed by atoms with E-state index in [0.29, 0.717) is 5.56 Å². The van der Waals surface area contributed by atoms with E-state index in [0.717, 1.165) is 37.2 Å². The van der Waals surface area contributed by atoms with Gasteiger partial charge < -0.3 is 10.2 Å². The first-order valence-electron chi connectivity index (χ1n) is 11.7. The largest absolute Gasteiger partial charge is 0.363 e. The molecule has 0 bridgehead atoms. The Labute approximate surface area is 190 Å². The Hall–Kier alpha value is -3.08. The van der Waals surface area contributed by atoms with E-state index in [1.54, 1.807) is 6.20 Å². The van der Waals surface area contributed by atoms with Gasteiger partial charge in [0.05, 0.1) is 23.3 Å². The lowest BCUT2D eigenvalue weighted by molar-refractivity contribution is 0.0956. The summed E-state index contributed by atoms with van der Waals surface area (Å²) in [6.07, 6.45) is 5.39. The van der Waals surface area contributed by atoms with Crippen LogP contribution in [0.5, 0.6) is 0 Å². The van der Waals surface area contributed by atoms with Crippen molar-refractivity contribution in [3.63, 3.8) is 0 Å². The van der Waals surface area contributed by atoms with Crippen LogP contribution in [0.2, 0.25) is 0 Å². The molecule has 1 aromatic heterocycles. The lowest BCUT2D eigenvalue weighted by Crippen LogP contribution is -2.49. The summed E-state index contributed by atoms with van der Waals surface area (Å²) in [7, 11) is 0. The van der Waals surface area contributed by atoms with E-state index in [2.05, 4.69) is 80.4 Å². The van der Waals surface area contributed by atoms with Crippen LogP contribution in [0.1, 0.15) is 74.5 Å². The molecule has 1 unspecified atom stereocenters. The second-order valence-corrected chi connectivity index (χ2v) is 9.82. The molecule has 3 heterocycles. The summed E-state index contributed by atoms with van der Waals surface area (Å²) < 4.78 is 2.00. The normalized spacial score (nSPS) is 20.4. The molecule has 2 aliphatic rings. The standard InChI is InChI=1S/C27H32N4O/c1-5-27(6-2)16-20-14-10-11-15-23(20)30(27)25(32)21-18-28-31-24(21)29-22(17-26(31,3)4)19-12-8-7-9-13-19/h7-15,18,22,29H,5-6,16-17H2,1-4H3. The number of carbonyl (C=O) groups excluding carboxylic acids is 1. The van der Waals surface area contributed by atoms with Crippen LogP contribution in [0, 0.1) is 0 Å². The van der Waals surface area contributed by atoms with Crippen molar-refractivity contribution in [2.45, 2.75) is 70.5 Å². The second-order valence-electron chi connectivity index (χ2n) is 9.82. The fraction of sp³-hybridized carbons (Fsp3) is 0.407. The maximum Gasteiger partial charge on any atom is 0.264 e. The minimum Gasteiger partial charge on any atom is -0.363 e. The Bertz CT molecular complexity index is 1140. The van der Waals surface area contributed by atoms with Crippen LogP contribution in [0.3, 0.4) is 0 Å². The second kappa shape index (κ2) is 7.51. The smallest absolute Gasteiger partial charge is 0.264 e. The zero-order chi connectivity index (χ0) is 22.5. The van der Waals surface area contributed by atoms with Gasteiger partial charge in [-0.1, -0.05) is 62.4 Å². The summed E-state index contributed by atoms with van der Waals surface area (Å²) in [6, 6.07) is 18.9. The number of benzene rings is 2. The van der Waals surface area contributed by atoms with Crippen molar-refractivity contribution >= 4 is 17.4 Å². The molecule has 2 aromatic carbocycles. The molecule has 5 nitrogen and oxygen atoms in total. The average molecular weight is 429 g/mol. The van der Waals surface area contributed by atoms with E-state index in [1.807, 2.05) is 16.8 Å². The molecule has 0 saturated carbocycles. The summed E-state index contributed by atoms with van der Waals surface area (Å²) in [6.45, 7) is 8.77. The molecule has 1 amide bonds. The van der Waals surface area contributed by atoms with Gasteiger partial charge in [-0.3, -0.25) is 4.79 Å². The van der Waals surface area contributed by atoms with Crippen LogP contribution in [0.25, 0.3) is 0 Å². The predicted octanol–water partition coefficient (Wildman–Crippen LogP) is 5.94. The van der Waals surface area contributed by atoms with Gasteiger partial charge in [-0.25, -0.2) is 4.68 Å². The van der Waals surface area contributed by atoms with Gasteiger partial charge in [-0.15, -0.1) is 0 Å². The highest BCUT2D eigenvalue weighted by Gasteiger charge is 2.46. The SMILES string of the molecule is CCC1(CC)Cc2ccccc2N1C(=O)c1cnn2c1NC(c1ccccc1)CC2(C)C. The van der Waals surface area contributed by atoms with Gasteiger partial charge in [0, 0.05) is 5.69 Å². The Balaban J connectivity index is 1.59. The van der Waals surface area contributed by atoms with Crippen LogP contribution < -0.4 is 10.2 Å². The molecule has 3 aromatic rings. The summed E-state index contributed by atoms with van der Waals surface area (Å²) >= 11 is 0. The fourth-order valence-electron chi connectivity index (χ4n) is 5.62. The number of rotatable bonds is 4. The number of fused-ring (bicyclic) bond motifs is 2. The lowest BCUT2D eigenvalue weighted by atomic mass is 9.87. The highest BCUT2D eigenvalue weighted by Crippen LogP contribution is 2.45. The van der Waals surface area contributed by atoms with Crippen LogP contribution in [0.4, 0.5) is 11.5 Å². The first kappa shape index (κ1) is 20.8. The molecular weight excluding hydrogens is 396 g/mol. The van der Waals surface area contributed by atoms with E-state index >= 15 is 0 Å². The highest BCUT2D eigenvalue weighted by atomic mass is 16.2. The topological polar surface area (TPSA) is 50.2 Å². The first-order valence-corrected chi connectivity index (χ1v) is 11.7. The fourth-order valence-corrected chi connectivity index (χ4v) is 5.62. The number of nitrogens with one attached hydrogen (secondary N) is 1. The van der Waals surface area contributed by atoms with Crippen LogP contribution in [-0.2, 0) is 12.0 Å².